The summed E-state index contributed by atoms with van der Waals surface area (Å²) in [6.07, 6.45) is 0.863. The van der Waals surface area contributed by atoms with Crippen LogP contribution in [-0.2, 0) is 14.3 Å². The Bertz CT molecular complexity index is 463. The van der Waals surface area contributed by atoms with Crippen LogP contribution in [-0.4, -0.2) is 56.9 Å². The molecule has 5 heteroatoms. The van der Waals surface area contributed by atoms with Crippen molar-refractivity contribution in [2.75, 3.05) is 40.0 Å². The molecular weight excluding hydrogens is 270 g/mol. The van der Waals surface area contributed by atoms with E-state index in [2.05, 4.69) is 4.90 Å². The van der Waals surface area contributed by atoms with Gasteiger partial charge in [-0.15, -0.1) is 0 Å². The van der Waals surface area contributed by atoms with Crippen LogP contribution in [0.4, 0.5) is 0 Å². The molecule has 1 aromatic carbocycles. The van der Waals surface area contributed by atoms with Crippen LogP contribution in [0.25, 0.3) is 0 Å². The Hall–Kier alpha value is -1.59. The molecule has 1 aliphatic heterocycles. The second-order valence-electron chi connectivity index (χ2n) is 5.17. The van der Waals surface area contributed by atoms with Crippen molar-refractivity contribution in [3.63, 3.8) is 0 Å². The molecule has 1 unspecified atom stereocenters. The van der Waals surface area contributed by atoms with Gasteiger partial charge in [-0.1, -0.05) is 12.1 Å². The highest BCUT2D eigenvalue weighted by molar-refractivity contribution is 5.75. The number of benzene rings is 1. The SMILES string of the molecule is COC(=O)C1COCCN1CCCOc1cccc(C)c1. The number of methoxy groups -OCH3 is 1. The minimum absolute atomic E-state index is 0.227. The van der Waals surface area contributed by atoms with Gasteiger partial charge >= 0.3 is 5.97 Å². The van der Waals surface area contributed by atoms with E-state index in [1.807, 2.05) is 31.2 Å². The lowest BCUT2D eigenvalue weighted by Gasteiger charge is -2.33. The smallest absolute Gasteiger partial charge is 0.325 e. The van der Waals surface area contributed by atoms with E-state index in [-0.39, 0.29) is 12.0 Å². The first-order chi connectivity index (χ1) is 10.2. The van der Waals surface area contributed by atoms with E-state index in [4.69, 9.17) is 14.2 Å². The molecule has 5 nitrogen and oxygen atoms in total. The Morgan fingerprint density at radius 1 is 1.48 bits per heavy atom. The van der Waals surface area contributed by atoms with Gasteiger partial charge in [0.1, 0.15) is 11.8 Å². The zero-order chi connectivity index (χ0) is 15.1. The van der Waals surface area contributed by atoms with E-state index in [1.165, 1.54) is 12.7 Å². The summed E-state index contributed by atoms with van der Waals surface area (Å²) < 4.78 is 15.9. The Balaban J connectivity index is 1.75. The quantitative estimate of drug-likeness (QED) is 0.589. The van der Waals surface area contributed by atoms with E-state index in [1.54, 1.807) is 0 Å². The molecule has 1 aromatic rings. The lowest BCUT2D eigenvalue weighted by atomic mass is 10.2. The second-order valence-corrected chi connectivity index (χ2v) is 5.17. The summed E-state index contributed by atoms with van der Waals surface area (Å²) in [4.78, 5) is 13.8. The number of ether oxygens (including phenoxy) is 3. The molecule has 0 aromatic heterocycles. The maximum absolute atomic E-state index is 11.7. The fourth-order valence-electron chi connectivity index (χ4n) is 2.42. The van der Waals surface area contributed by atoms with Gasteiger partial charge in [0, 0.05) is 13.1 Å². The highest BCUT2D eigenvalue weighted by Crippen LogP contribution is 2.13. The average molecular weight is 293 g/mol. The van der Waals surface area contributed by atoms with Crippen molar-refractivity contribution in [1.82, 2.24) is 4.90 Å². The summed E-state index contributed by atoms with van der Waals surface area (Å²) in [6.45, 7) is 5.30. The topological polar surface area (TPSA) is 48.0 Å². The summed E-state index contributed by atoms with van der Waals surface area (Å²) >= 11 is 0. The first-order valence-electron chi connectivity index (χ1n) is 7.30. The van der Waals surface area contributed by atoms with Gasteiger partial charge in [0.05, 0.1) is 26.9 Å². The number of carbonyl (C=O) groups is 1. The number of morpholine rings is 1. The largest absolute Gasteiger partial charge is 0.494 e. The van der Waals surface area contributed by atoms with Crippen LogP contribution in [0.3, 0.4) is 0 Å². The van der Waals surface area contributed by atoms with Crippen molar-refractivity contribution >= 4 is 5.97 Å². The molecule has 0 spiro atoms. The van der Waals surface area contributed by atoms with Crippen LogP contribution in [0.1, 0.15) is 12.0 Å². The van der Waals surface area contributed by atoms with Crippen LogP contribution < -0.4 is 4.74 Å². The predicted molar refractivity (Wildman–Crippen MR) is 79.5 cm³/mol. The third kappa shape index (κ3) is 4.72. The van der Waals surface area contributed by atoms with Crippen LogP contribution >= 0.6 is 0 Å². The normalized spacial score (nSPS) is 19.2. The molecule has 1 aliphatic rings. The summed E-state index contributed by atoms with van der Waals surface area (Å²) in [7, 11) is 1.41. The van der Waals surface area contributed by atoms with Crippen LogP contribution in [0.15, 0.2) is 24.3 Å². The first kappa shape index (κ1) is 15.8. The number of rotatable bonds is 6. The number of aryl methyl sites for hydroxylation is 1. The number of esters is 1. The van der Waals surface area contributed by atoms with Crippen molar-refractivity contribution in [2.24, 2.45) is 0 Å². The minimum atomic E-state index is -0.289. The van der Waals surface area contributed by atoms with Gasteiger partial charge < -0.3 is 14.2 Å². The highest BCUT2D eigenvalue weighted by atomic mass is 16.5. The zero-order valence-electron chi connectivity index (χ0n) is 12.7. The Morgan fingerprint density at radius 3 is 3.10 bits per heavy atom. The molecule has 0 N–H and O–H groups in total. The van der Waals surface area contributed by atoms with Crippen LogP contribution in [0.2, 0.25) is 0 Å². The standard InChI is InChI=1S/C16H23NO4/c1-13-5-3-6-14(11-13)21-9-4-7-17-8-10-20-12-15(17)16(18)19-2/h3,5-6,11,15H,4,7-10,12H2,1-2H3. The van der Waals surface area contributed by atoms with E-state index < -0.39 is 0 Å². The minimum Gasteiger partial charge on any atom is -0.494 e. The Kier molecular flexibility index (Phi) is 6.02. The molecule has 0 bridgehead atoms. The molecule has 0 radical (unpaired) electrons. The lowest BCUT2D eigenvalue weighted by Crippen LogP contribution is -2.50. The highest BCUT2D eigenvalue weighted by Gasteiger charge is 2.29. The van der Waals surface area contributed by atoms with Crippen molar-refractivity contribution < 1.29 is 19.0 Å². The number of hydrogen-bond donors (Lipinski definition) is 0. The second kappa shape index (κ2) is 8.00. The fraction of sp³-hybridized carbons (Fsp3) is 0.562. The van der Waals surface area contributed by atoms with Gasteiger partial charge in [-0.25, -0.2) is 0 Å². The third-order valence-electron chi connectivity index (χ3n) is 3.56. The Morgan fingerprint density at radius 2 is 2.33 bits per heavy atom. The van der Waals surface area contributed by atoms with E-state index in [0.29, 0.717) is 19.8 Å². The maximum atomic E-state index is 11.7. The molecule has 1 saturated heterocycles. The van der Waals surface area contributed by atoms with Gasteiger partial charge in [-0.3, -0.25) is 9.69 Å². The molecule has 1 atom stereocenters. The van der Waals surface area contributed by atoms with Crippen molar-refractivity contribution in [1.29, 1.82) is 0 Å². The molecule has 2 rings (SSSR count). The number of carbonyl (C=O) groups excluding carboxylic acids is 1. The van der Waals surface area contributed by atoms with E-state index in [0.717, 1.165) is 25.3 Å². The van der Waals surface area contributed by atoms with Crippen molar-refractivity contribution in [3.8, 4) is 5.75 Å². The molecule has 116 valence electrons. The number of nitrogens with zero attached hydrogens (tertiary/aromatic N) is 1. The predicted octanol–water partition coefficient (Wildman–Crippen LogP) is 1.64. The summed E-state index contributed by atoms with van der Waals surface area (Å²) in [5, 5.41) is 0. The van der Waals surface area contributed by atoms with E-state index >= 15 is 0 Å². The monoisotopic (exact) mass is 293 g/mol. The van der Waals surface area contributed by atoms with E-state index in [9.17, 15) is 4.79 Å². The van der Waals surface area contributed by atoms with Crippen molar-refractivity contribution in [2.45, 2.75) is 19.4 Å². The van der Waals surface area contributed by atoms with Gasteiger partial charge in [0.2, 0.25) is 0 Å². The number of hydrogen-bond acceptors (Lipinski definition) is 5. The molecule has 0 amide bonds. The van der Waals surface area contributed by atoms with Gasteiger partial charge in [-0.2, -0.15) is 0 Å². The molecule has 1 fully saturated rings. The summed E-state index contributed by atoms with van der Waals surface area (Å²) in [5.74, 6) is 0.663. The fourth-order valence-corrected chi connectivity index (χ4v) is 2.42. The lowest BCUT2D eigenvalue weighted by molar-refractivity contribution is -0.153. The molecule has 0 saturated carbocycles. The maximum Gasteiger partial charge on any atom is 0.325 e. The van der Waals surface area contributed by atoms with Crippen LogP contribution in [0.5, 0.6) is 5.75 Å². The molecule has 1 heterocycles. The molecular formula is C16H23NO4. The molecule has 21 heavy (non-hydrogen) atoms. The first-order valence-corrected chi connectivity index (χ1v) is 7.30. The zero-order valence-corrected chi connectivity index (χ0v) is 12.7. The third-order valence-corrected chi connectivity index (χ3v) is 3.56. The van der Waals surface area contributed by atoms with Crippen molar-refractivity contribution in [3.05, 3.63) is 29.8 Å². The molecule has 0 aliphatic carbocycles. The Labute approximate surface area is 125 Å². The van der Waals surface area contributed by atoms with Gasteiger partial charge in [0.25, 0.3) is 0 Å². The van der Waals surface area contributed by atoms with Gasteiger partial charge in [-0.05, 0) is 31.0 Å². The summed E-state index contributed by atoms with van der Waals surface area (Å²) in [6, 6.07) is 7.72. The van der Waals surface area contributed by atoms with Gasteiger partial charge in [0.15, 0.2) is 0 Å². The average Bonchev–Trinajstić information content (AvgIpc) is 2.51. The summed E-state index contributed by atoms with van der Waals surface area (Å²) in [5.41, 5.74) is 1.19. The van der Waals surface area contributed by atoms with Crippen LogP contribution in [0, 0.1) is 6.92 Å².